The molecule has 0 spiro atoms. The molecule has 4 heteroatoms. The number of hydrogen-bond donors (Lipinski definition) is 1. The summed E-state index contributed by atoms with van der Waals surface area (Å²) in [6, 6.07) is 4.31. The Balaban J connectivity index is 2.54. The number of nitrogens with zero attached hydrogens (tertiary/aromatic N) is 1. The van der Waals surface area contributed by atoms with Crippen molar-refractivity contribution in [1.29, 1.82) is 5.26 Å². The molecular formula is C15H22N2OS. The van der Waals surface area contributed by atoms with Gasteiger partial charge in [0.25, 0.3) is 0 Å². The van der Waals surface area contributed by atoms with Gasteiger partial charge in [-0.2, -0.15) is 16.6 Å². The van der Waals surface area contributed by atoms with Gasteiger partial charge in [0.05, 0.1) is 6.07 Å². The Morgan fingerprint density at radius 1 is 1.42 bits per heavy atom. The number of carbonyl (C=O) groups is 1. The van der Waals surface area contributed by atoms with Crippen molar-refractivity contribution in [2.45, 2.75) is 46.0 Å². The summed E-state index contributed by atoms with van der Waals surface area (Å²) in [5.41, 5.74) is 0.400. The molecule has 3 nitrogen and oxygen atoms in total. The molecule has 0 aromatic carbocycles. The molecular weight excluding hydrogens is 256 g/mol. The lowest BCUT2D eigenvalue weighted by molar-refractivity contribution is -0.128. The summed E-state index contributed by atoms with van der Waals surface area (Å²) in [6.45, 7) is 4.63. The number of amides is 1. The average molecular weight is 278 g/mol. The first-order chi connectivity index (χ1) is 9.18. The molecule has 0 bridgehead atoms. The van der Waals surface area contributed by atoms with Crippen molar-refractivity contribution < 1.29 is 4.79 Å². The number of nitriles is 1. The van der Waals surface area contributed by atoms with Crippen molar-refractivity contribution in [1.82, 2.24) is 5.32 Å². The summed E-state index contributed by atoms with van der Waals surface area (Å²) in [5.74, 6) is -0.103. The van der Waals surface area contributed by atoms with Gasteiger partial charge in [-0.15, -0.1) is 0 Å². The largest absolute Gasteiger partial charge is 0.354 e. The van der Waals surface area contributed by atoms with Gasteiger partial charge in [-0.25, -0.2) is 0 Å². The molecule has 1 amide bonds. The summed E-state index contributed by atoms with van der Waals surface area (Å²) in [6.07, 6.45) is 3.81. The van der Waals surface area contributed by atoms with E-state index in [4.69, 9.17) is 0 Å². The van der Waals surface area contributed by atoms with Crippen LogP contribution in [0.1, 0.15) is 45.1 Å². The number of nitrogens with one attached hydrogen (secondary N) is 1. The van der Waals surface area contributed by atoms with E-state index in [9.17, 15) is 10.1 Å². The molecule has 0 saturated heterocycles. The van der Waals surface area contributed by atoms with Crippen LogP contribution in [0.5, 0.6) is 0 Å². The third-order valence-electron chi connectivity index (χ3n) is 3.28. The summed E-state index contributed by atoms with van der Waals surface area (Å²) in [4.78, 5) is 12.3. The Kier molecular flexibility index (Phi) is 6.58. The monoisotopic (exact) mass is 278 g/mol. The standard InChI is InChI=1S/C15H22N2OS/c1-3-7-15(12-16,8-4-2)14(18)17-9-5-13-6-10-19-11-13/h6,10-11H,3-5,7-9H2,1-2H3,(H,17,18). The van der Waals surface area contributed by atoms with Crippen LogP contribution in [0.25, 0.3) is 0 Å². The van der Waals surface area contributed by atoms with E-state index in [0.717, 1.165) is 19.3 Å². The molecule has 0 unspecified atom stereocenters. The molecule has 0 saturated carbocycles. The van der Waals surface area contributed by atoms with Crippen LogP contribution < -0.4 is 5.32 Å². The second-order valence-corrected chi connectivity index (χ2v) is 5.61. The van der Waals surface area contributed by atoms with E-state index in [1.807, 2.05) is 19.2 Å². The van der Waals surface area contributed by atoms with Gasteiger partial charge in [-0.05, 0) is 41.7 Å². The van der Waals surface area contributed by atoms with Crippen LogP contribution in [-0.2, 0) is 11.2 Å². The first kappa shape index (κ1) is 15.7. The Labute approximate surface area is 119 Å². The van der Waals surface area contributed by atoms with Gasteiger partial charge in [0.2, 0.25) is 5.91 Å². The minimum Gasteiger partial charge on any atom is -0.354 e. The van der Waals surface area contributed by atoms with Gasteiger partial charge >= 0.3 is 0 Å². The molecule has 0 aliphatic carbocycles. The van der Waals surface area contributed by atoms with E-state index in [2.05, 4.69) is 22.8 Å². The van der Waals surface area contributed by atoms with E-state index in [1.165, 1.54) is 5.56 Å². The molecule has 1 aromatic heterocycles. The highest BCUT2D eigenvalue weighted by Gasteiger charge is 2.36. The smallest absolute Gasteiger partial charge is 0.240 e. The van der Waals surface area contributed by atoms with E-state index in [-0.39, 0.29) is 5.91 Å². The highest BCUT2D eigenvalue weighted by Crippen LogP contribution is 2.29. The fourth-order valence-electron chi connectivity index (χ4n) is 2.29. The average Bonchev–Trinajstić information content (AvgIpc) is 2.91. The number of thiophene rings is 1. The fraction of sp³-hybridized carbons (Fsp3) is 0.600. The third kappa shape index (κ3) is 4.36. The van der Waals surface area contributed by atoms with Gasteiger partial charge in [-0.3, -0.25) is 4.79 Å². The Morgan fingerprint density at radius 2 is 2.11 bits per heavy atom. The van der Waals surface area contributed by atoms with Gasteiger partial charge in [-0.1, -0.05) is 26.7 Å². The van der Waals surface area contributed by atoms with Crippen molar-refractivity contribution in [3.05, 3.63) is 22.4 Å². The fourth-order valence-corrected chi connectivity index (χ4v) is 3.00. The summed E-state index contributed by atoms with van der Waals surface area (Å²) < 4.78 is 0. The maximum Gasteiger partial charge on any atom is 0.240 e. The SMILES string of the molecule is CCCC(C#N)(CCC)C(=O)NCCc1ccsc1. The van der Waals surface area contributed by atoms with Crippen LogP contribution in [0.15, 0.2) is 16.8 Å². The second kappa shape index (κ2) is 7.96. The van der Waals surface area contributed by atoms with E-state index < -0.39 is 5.41 Å². The van der Waals surface area contributed by atoms with Crippen LogP contribution in [-0.4, -0.2) is 12.5 Å². The van der Waals surface area contributed by atoms with E-state index in [1.54, 1.807) is 11.3 Å². The van der Waals surface area contributed by atoms with Crippen LogP contribution in [0.2, 0.25) is 0 Å². The zero-order chi connectivity index (χ0) is 14.1. The van der Waals surface area contributed by atoms with Crippen molar-refractivity contribution in [3.63, 3.8) is 0 Å². The number of hydrogen-bond acceptors (Lipinski definition) is 3. The molecule has 0 atom stereocenters. The van der Waals surface area contributed by atoms with E-state index in [0.29, 0.717) is 19.4 Å². The van der Waals surface area contributed by atoms with Crippen molar-refractivity contribution in [3.8, 4) is 6.07 Å². The molecule has 0 radical (unpaired) electrons. The summed E-state index contributed by atoms with van der Waals surface area (Å²) in [7, 11) is 0. The molecule has 1 heterocycles. The lowest BCUT2D eigenvalue weighted by Crippen LogP contribution is -2.40. The normalized spacial score (nSPS) is 11.0. The minimum atomic E-state index is -0.835. The van der Waals surface area contributed by atoms with Gasteiger partial charge in [0.1, 0.15) is 5.41 Å². The molecule has 1 rings (SSSR count). The lowest BCUT2D eigenvalue weighted by atomic mass is 9.80. The van der Waals surface area contributed by atoms with Gasteiger partial charge in [0.15, 0.2) is 0 Å². The van der Waals surface area contributed by atoms with Crippen molar-refractivity contribution in [2.24, 2.45) is 5.41 Å². The maximum atomic E-state index is 12.3. The van der Waals surface area contributed by atoms with Crippen LogP contribution in [0.3, 0.4) is 0 Å². The zero-order valence-electron chi connectivity index (χ0n) is 11.7. The molecule has 1 N–H and O–H groups in total. The lowest BCUT2D eigenvalue weighted by Gasteiger charge is -2.24. The van der Waals surface area contributed by atoms with Crippen molar-refractivity contribution >= 4 is 17.2 Å². The molecule has 0 fully saturated rings. The molecule has 0 aliphatic rings. The minimum absolute atomic E-state index is 0.103. The van der Waals surface area contributed by atoms with Crippen LogP contribution >= 0.6 is 11.3 Å². The van der Waals surface area contributed by atoms with Crippen molar-refractivity contribution in [2.75, 3.05) is 6.54 Å². The predicted molar refractivity (Wildman–Crippen MR) is 78.9 cm³/mol. The second-order valence-electron chi connectivity index (χ2n) is 4.83. The van der Waals surface area contributed by atoms with Crippen LogP contribution in [0.4, 0.5) is 0 Å². The first-order valence-electron chi connectivity index (χ1n) is 6.89. The zero-order valence-corrected chi connectivity index (χ0v) is 12.6. The van der Waals surface area contributed by atoms with Gasteiger partial charge < -0.3 is 5.32 Å². The Morgan fingerprint density at radius 3 is 2.58 bits per heavy atom. The topological polar surface area (TPSA) is 52.9 Å². The summed E-state index contributed by atoms with van der Waals surface area (Å²) in [5, 5.41) is 16.4. The third-order valence-corrected chi connectivity index (χ3v) is 4.01. The number of rotatable bonds is 8. The highest BCUT2D eigenvalue weighted by atomic mass is 32.1. The quantitative estimate of drug-likeness (QED) is 0.791. The van der Waals surface area contributed by atoms with E-state index >= 15 is 0 Å². The Hall–Kier alpha value is -1.34. The summed E-state index contributed by atoms with van der Waals surface area (Å²) >= 11 is 1.66. The first-order valence-corrected chi connectivity index (χ1v) is 7.83. The predicted octanol–water partition coefficient (Wildman–Crippen LogP) is 3.52. The molecule has 1 aromatic rings. The highest BCUT2D eigenvalue weighted by molar-refractivity contribution is 7.07. The number of carbonyl (C=O) groups excluding carboxylic acids is 1. The van der Waals surface area contributed by atoms with Crippen LogP contribution in [0, 0.1) is 16.7 Å². The molecule has 104 valence electrons. The van der Waals surface area contributed by atoms with Gasteiger partial charge in [0, 0.05) is 6.54 Å². The maximum absolute atomic E-state index is 12.3. The molecule has 19 heavy (non-hydrogen) atoms. The Bertz CT molecular complexity index is 414. The molecule has 0 aliphatic heterocycles.